The number of nitrogens with two attached hydrogens (primary N) is 1. The van der Waals surface area contributed by atoms with Gasteiger partial charge in [0.05, 0.1) is 4.90 Å². The highest BCUT2D eigenvalue weighted by atomic mass is 35.5. The van der Waals surface area contributed by atoms with Crippen molar-refractivity contribution in [1.29, 1.82) is 0 Å². The van der Waals surface area contributed by atoms with Gasteiger partial charge in [0, 0.05) is 16.8 Å². The summed E-state index contributed by atoms with van der Waals surface area (Å²) >= 11 is 5.81. The van der Waals surface area contributed by atoms with E-state index in [4.69, 9.17) is 17.3 Å². The Kier molecular flexibility index (Phi) is 2.86. The van der Waals surface area contributed by atoms with Gasteiger partial charge in [-0.25, -0.2) is 13.1 Å². The van der Waals surface area contributed by atoms with Gasteiger partial charge in [-0.2, -0.15) is 0 Å². The lowest BCUT2D eigenvalue weighted by atomic mass is 10.2. The molecule has 0 unspecified atom stereocenters. The monoisotopic (exact) mass is 260 g/mol. The van der Waals surface area contributed by atoms with Crippen molar-refractivity contribution in [3.8, 4) is 0 Å². The Morgan fingerprint density at radius 2 is 2.06 bits per heavy atom. The highest BCUT2D eigenvalue weighted by molar-refractivity contribution is 7.89. The molecule has 0 saturated heterocycles. The van der Waals surface area contributed by atoms with Crippen LogP contribution in [0.3, 0.4) is 0 Å². The molecule has 1 aliphatic carbocycles. The summed E-state index contributed by atoms with van der Waals surface area (Å²) < 4.78 is 26.6. The fraction of sp³-hybridized carbons (Fsp3) is 0.400. The van der Waals surface area contributed by atoms with Gasteiger partial charge in [-0.15, -0.1) is 0 Å². The number of nitrogens with one attached hydrogen (secondary N) is 1. The number of benzene rings is 1. The number of halogens is 1. The molecule has 88 valence electrons. The third-order valence-electron chi connectivity index (χ3n) is 2.55. The standard InChI is InChI=1S/C10H13ClN2O2S/c1-6-9(12)4-7(11)5-10(6)16(14,15)13-8-2-3-8/h4-5,8,13H,2-3,12H2,1H3. The summed E-state index contributed by atoms with van der Waals surface area (Å²) in [6.07, 6.45) is 1.79. The molecule has 1 saturated carbocycles. The van der Waals surface area contributed by atoms with Crippen molar-refractivity contribution in [1.82, 2.24) is 4.72 Å². The second kappa shape index (κ2) is 3.91. The van der Waals surface area contributed by atoms with Crippen LogP contribution in [0.5, 0.6) is 0 Å². The molecule has 6 heteroatoms. The molecule has 0 bridgehead atoms. The first-order valence-electron chi connectivity index (χ1n) is 4.98. The van der Waals surface area contributed by atoms with Crippen molar-refractivity contribution >= 4 is 27.3 Å². The predicted molar refractivity (Wildman–Crippen MR) is 63.9 cm³/mol. The fourth-order valence-corrected chi connectivity index (χ4v) is 3.33. The van der Waals surface area contributed by atoms with E-state index in [0.717, 1.165) is 12.8 Å². The van der Waals surface area contributed by atoms with Gasteiger partial charge in [-0.3, -0.25) is 0 Å². The summed E-state index contributed by atoms with van der Waals surface area (Å²) in [6.45, 7) is 1.67. The van der Waals surface area contributed by atoms with E-state index in [0.29, 0.717) is 16.3 Å². The lowest BCUT2D eigenvalue weighted by molar-refractivity contribution is 0.580. The third-order valence-corrected chi connectivity index (χ3v) is 4.42. The first-order chi connectivity index (χ1) is 7.40. The average Bonchev–Trinajstić information content (AvgIpc) is 2.94. The van der Waals surface area contributed by atoms with E-state index in [1.54, 1.807) is 13.0 Å². The Bertz CT molecular complexity index is 524. The van der Waals surface area contributed by atoms with E-state index >= 15 is 0 Å². The number of hydrogen-bond donors (Lipinski definition) is 2. The van der Waals surface area contributed by atoms with E-state index in [9.17, 15) is 8.42 Å². The van der Waals surface area contributed by atoms with Gasteiger partial charge in [0.2, 0.25) is 10.0 Å². The number of sulfonamides is 1. The normalized spacial score (nSPS) is 16.4. The smallest absolute Gasteiger partial charge is 0.241 e. The van der Waals surface area contributed by atoms with Crippen molar-refractivity contribution in [2.45, 2.75) is 30.7 Å². The zero-order valence-corrected chi connectivity index (χ0v) is 10.4. The summed E-state index contributed by atoms with van der Waals surface area (Å²) in [7, 11) is -3.49. The van der Waals surface area contributed by atoms with Crippen LogP contribution in [0.4, 0.5) is 5.69 Å². The SMILES string of the molecule is Cc1c(N)cc(Cl)cc1S(=O)(=O)NC1CC1. The lowest BCUT2D eigenvalue weighted by Crippen LogP contribution is -2.26. The molecule has 0 aromatic heterocycles. The molecule has 0 atom stereocenters. The molecule has 1 fully saturated rings. The summed E-state index contributed by atoms with van der Waals surface area (Å²) in [5, 5.41) is 0.333. The first-order valence-corrected chi connectivity index (χ1v) is 6.84. The van der Waals surface area contributed by atoms with Crippen LogP contribution in [-0.4, -0.2) is 14.5 Å². The van der Waals surface area contributed by atoms with Crippen molar-refractivity contribution in [2.24, 2.45) is 0 Å². The zero-order valence-electron chi connectivity index (χ0n) is 8.83. The number of nitrogen functional groups attached to an aromatic ring is 1. The van der Waals surface area contributed by atoms with Crippen molar-refractivity contribution in [2.75, 3.05) is 5.73 Å². The molecular weight excluding hydrogens is 248 g/mol. The fourth-order valence-electron chi connectivity index (χ4n) is 1.44. The maximum atomic E-state index is 12.0. The molecule has 0 aliphatic heterocycles. The van der Waals surface area contributed by atoms with E-state index in [1.807, 2.05) is 0 Å². The van der Waals surface area contributed by atoms with Crippen molar-refractivity contribution < 1.29 is 8.42 Å². The molecule has 1 aromatic rings. The minimum atomic E-state index is -3.49. The lowest BCUT2D eigenvalue weighted by Gasteiger charge is -2.10. The van der Waals surface area contributed by atoms with E-state index in [-0.39, 0.29) is 10.9 Å². The predicted octanol–water partition coefficient (Wildman–Crippen LogP) is 1.67. The Labute approximate surface area is 99.8 Å². The van der Waals surface area contributed by atoms with Crippen LogP contribution >= 0.6 is 11.6 Å². The van der Waals surface area contributed by atoms with Crippen molar-refractivity contribution in [3.05, 3.63) is 22.7 Å². The molecule has 1 aliphatic rings. The molecule has 0 radical (unpaired) electrons. The number of anilines is 1. The summed E-state index contributed by atoms with van der Waals surface area (Å²) in [5.74, 6) is 0. The van der Waals surface area contributed by atoms with E-state index < -0.39 is 10.0 Å². The second-order valence-corrected chi connectivity index (χ2v) is 6.13. The Morgan fingerprint density at radius 1 is 1.44 bits per heavy atom. The summed E-state index contributed by atoms with van der Waals surface area (Å²) in [6, 6.07) is 3.05. The van der Waals surface area contributed by atoms with Gasteiger partial charge in [0.25, 0.3) is 0 Å². The van der Waals surface area contributed by atoms with E-state index in [1.165, 1.54) is 6.07 Å². The maximum absolute atomic E-state index is 12.0. The number of rotatable bonds is 3. The van der Waals surface area contributed by atoms with Gasteiger partial charge >= 0.3 is 0 Å². The molecule has 4 nitrogen and oxygen atoms in total. The van der Waals surface area contributed by atoms with Gasteiger partial charge in [-0.1, -0.05) is 11.6 Å². The largest absolute Gasteiger partial charge is 0.398 e. The van der Waals surface area contributed by atoms with Gasteiger partial charge in [0.15, 0.2) is 0 Å². The quantitative estimate of drug-likeness (QED) is 0.812. The topological polar surface area (TPSA) is 72.2 Å². The molecule has 0 heterocycles. The Hall–Kier alpha value is -0.780. The van der Waals surface area contributed by atoms with Gasteiger partial charge in [-0.05, 0) is 37.5 Å². The highest BCUT2D eigenvalue weighted by Gasteiger charge is 2.29. The molecule has 3 N–H and O–H groups in total. The molecule has 1 aromatic carbocycles. The summed E-state index contributed by atoms with van der Waals surface area (Å²) in [5.41, 5.74) is 6.62. The molecule has 0 spiro atoms. The van der Waals surface area contributed by atoms with Crippen LogP contribution in [0.2, 0.25) is 5.02 Å². The average molecular weight is 261 g/mol. The molecule has 16 heavy (non-hydrogen) atoms. The molecular formula is C10H13ClN2O2S. The number of hydrogen-bond acceptors (Lipinski definition) is 3. The first kappa shape index (κ1) is 11.7. The van der Waals surface area contributed by atoms with Crippen molar-refractivity contribution in [3.63, 3.8) is 0 Å². The third kappa shape index (κ3) is 2.31. The zero-order chi connectivity index (χ0) is 11.9. The van der Waals surface area contributed by atoms with Gasteiger partial charge < -0.3 is 5.73 Å². The molecule has 0 amide bonds. The van der Waals surface area contributed by atoms with Gasteiger partial charge in [0.1, 0.15) is 0 Å². The minimum absolute atomic E-state index is 0.0737. The second-order valence-electron chi connectivity index (χ2n) is 4.01. The van der Waals surface area contributed by atoms with Crippen LogP contribution < -0.4 is 10.5 Å². The Balaban J connectivity index is 2.45. The minimum Gasteiger partial charge on any atom is -0.398 e. The summed E-state index contributed by atoms with van der Waals surface area (Å²) in [4.78, 5) is 0.171. The Morgan fingerprint density at radius 3 is 2.62 bits per heavy atom. The highest BCUT2D eigenvalue weighted by Crippen LogP contribution is 2.28. The van der Waals surface area contributed by atoms with Crippen LogP contribution in [0, 0.1) is 6.92 Å². The van der Waals surface area contributed by atoms with Crippen LogP contribution in [0.1, 0.15) is 18.4 Å². The molecule has 2 rings (SSSR count). The van der Waals surface area contributed by atoms with Crippen LogP contribution in [-0.2, 0) is 10.0 Å². The maximum Gasteiger partial charge on any atom is 0.241 e. The van der Waals surface area contributed by atoms with Crippen LogP contribution in [0.15, 0.2) is 17.0 Å². The van der Waals surface area contributed by atoms with Crippen LogP contribution in [0.25, 0.3) is 0 Å². The van der Waals surface area contributed by atoms with E-state index in [2.05, 4.69) is 4.72 Å².